The molecule has 0 aromatic carbocycles. The zero-order valence-corrected chi connectivity index (χ0v) is 10.6. The Hall–Kier alpha value is -2.02. The Labute approximate surface area is 108 Å². The van der Waals surface area contributed by atoms with E-state index in [1.165, 1.54) is 6.07 Å². The van der Waals surface area contributed by atoms with Crippen LogP contribution in [-0.2, 0) is 0 Å². The Kier molecular flexibility index (Phi) is 3.52. The van der Waals surface area contributed by atoms with Crippen LogP contribution in [0.4, 0.5) is 0 Å². The molecule has 0 saturated carbocycles. The lowest BCUT2D eigenvalue weighted by atomic mass is 10.3. The van der Waals surface area contributed by atoms with Gasteiger partial charge in [-0.2, -0.15) is 0 Å². The fourth-order valence-corrected chi connectivity index (χ4v) is 1.92. The number of aryl methyl sites for hydroxylation is 2. The average molecular weight is 262 g/mol. The molecule has 92 valence electrons. The van der Waals surface area contributed by atoms with Crippen molar-refractivity contribution in [3.8, 4) is 0 Å². The van der Waals surface area contributed by atoms with Crippen molar-refractivity contribution in [1.29, 1.82) is 0 Å². The maximum Gasteiger partial charge on any atom is 0.354 e. The maximum absolute atomic E-state index is 10.9. The SMILES string of the molecule is Cc1cnc(Sc2nc(C)cc(C(=O)O)n2)nc1. The summed E-state index contributed by atoms with van der Waals surface area (Å²) in [6.45, 7) is 3.61. The first-order chi connectivity index (χ1) is 8.54. The molecule has 0 aliphatic heterocycles. The van der Waals surface area contributed by atoms with Crippen LogP contribution in [-0.4, -0.2) is 31.0 Å². The predicted octanol–water partition coefficient (Wildman–Crippen LogP) is 1.73. The second-order valence-electron chi connectivity index (χ2n) is 3.63. The van der Waals surface area contributed by atoms with E-state index in [0.29, 0.717) is 16.0 Å². The highest BCUT2D eigenvalue weighted by Crippen LogP contribution is 2.21. The van der Waals surface area contributed by atoms with Crippen LogP contribution in [0.15, 0.2) is 28.8 Å². The van der Waals surface area contributed by atoms with Gasteiger partial charge < -0.3 is 5.11 Å². The van der Waals surface area contributed by atoms with Crippen molar-refractivity contribution < 1.29 is 9.90 Å². The Morgan fingerprint density at radius 3 is 2.44 bits per heavy atom. The van der Waals surface area contributed by atoms with Gasteiger partial charge in [-0.15, -0.1) is 0 Å². The number of carboxylic acid groups (broad SMARTS) is 1. The van der Waals surface area contributed by atoms with Crippen LogP contribution in [0.3, 0.4) is 0 Å². The summed E-state index contributed by atoms with van der Waals surface area (Å²) in [5.74, 6) is -1.08. The minimum absolute atomic E-state index is 0.0305. The van der Waals surface area contributed by atoms with Crippen molar-refractivity contribution in [1.82, 2.24) is 19.9 Å². The third kappa shape index (κ3) is 3.01. The molecule has 0 unspecified atom stereocenters. The van der Waals surface area contributed by atoms with E-state index in [1.807, 2.05) is 6.92 Å². The van der Waals surface area contributed by atoms with Crippen LogP contribution in [0.5, 0.6) is 0 Å². The minimum Gasteiger partial charge on any atom is -0.477 e. The molecule has 0 bridgehead atoms. The first-order valence-electron chi connectivity index (χ1n) is 5.10. The quantitative estimate of drug-likeness (QED) is 0.842. The van der Waals surface area contributed by atoms with Crippen LogP contribution < -0.4 is 0 Å². The van der Waals surface area contributed by atoms with Gasteiger partial charge in [0.25, 0.3) is 0 Å². The lowest BCUT2D eigenvalue weighted by Gasteiger charge is -2.02. The van der Waals surface area contributed by atoms with Crippen LogP contribution in [0, 0.1) is 13.8 Å². The number of hydrogen-bond acceptors (Lipinski definition) is 6. The predicted molar refractivity (Wildman–Crippen MR) is 64.6 cm³/mol. The number of aromatic nitrogens is 4. The fraction of sp³-hybridized carbons (Fsp3) is 0.182. The second-order valence-corrected chi connectivity index (χ2v) is 4.56. The van der Waals surface area contributed by atoms with Crippen LogP contribution in [0.2, 0.25) is 0 Å². The van der Waals surface area contributed by atoms with Gasteiger partial charge in [-0.3, -0.25) is 0 Å². The van der Waals surface area contributed by atoms with E-state index in [4.69, 9.17) is 5.11 Å². The molecular formula is C11H10N4O2S. The summed E-state index contributed by atoms with van der Waals surface area (Å²) in [5, 5.41) is 9.72. The van der Waals surface area contributed by atoms with Crippen molar-refractivity contribution in [3.63, 3.8) is 0 Å². The molecule has 0 fully saturated rings. The first kappa shape index (κ1) is 12.4. The Bertz CT molecular complexity index is 586. The van der Waals surface area contributed by atoms with E-state index in [-0.39, 0.29) is 5.69 Å². The molecule has 0 amide bonds. The fourth-order valence-electron chi connectivity index (χ4n) is 1.21. The van der Waals surface area contributed by atoms with Gasteiger partial charge in [0.15, 0.2) is 16.0 Å². The van der Waals surface area contributed by atoms with Gasteiger partial charge >= 0.3 is 5.97 Å². The molecule has 0 atom stereocenters. The van der Waals surface area contributed by atoms with Gasteiger partial charge in [-0.1, -0.05) is 0 Å². The molecule has 6 nitrogen and oxygen atoms in total. The summed E-state index contributed by atoms with van der Waals surface area (Å²) in [7, 11) is 0. The van der Waals surface area contributed by atoms with Crippen molar-refractivity contribution in [2.45, 2.75) is 24.2 Å². The summed E-state index contributed by atoms with van der Waals surface area (Å²) in [4.78, 5) is 27.1. The average Bonchev–Trinajstić information content (AvgIpc) is 2.31. The standard InChI is InChI=1S/C11H10N4O2S/c1-6-4-12-10(13-5-6)18-11-14-7(2)3-8(15-11)9(16)17/h3-5H,1-2H3,(H,16,17). The van der Waals surface area contributed by atoms with E-state index < -0.39 is 5.97 Å². The largest absolute Gasteiger partial charge is 0.477 e. The van der Waals surface area contributed by atoms with Gasteiger partial charge in [0, 0.05) is 18.1 Å². The molecule has 2 aromatic heterocycles. The molecule has 0 aliphatic carbocycles. The Morgan fingerprint density at radius 2 is 1.83 bits per heavy atom. The van der Waals surface area contributed by atoms with Gasteiger partial charge in [0.2, 0.25) is 0 Å². The zero-order chi connectivity index (χ0) is 13.1. The third-order valence-corrected chi connectivity index (χ3v) is 2.75. The first-order valence-corrected chi connectivity index (χ1v) is 5.92. The number of carbonyl (C=O) groups is 1. The third-order valence-electron chi connectivity index (χ3n) is 1.99. The lowest BCUT2D eigenvalue weighted by Crippen LogP contribution is -2.04. The van der Waals surface area contributed by atoms with Crippen molar-refractivity contribution in [3.05, 3.63) is 35.4 Å². The minimum atomic E-state index is -1.08. The molecule has 18 heavy (non-hydrogen) atoms. The van der Waals surface area contributed by atoms with Crippen molar-refractivity contribution in [2.24, 2.45) is 0 Å². The van der Waals surface area contributed by atoms with E-state index in [1.54, 1.807) is 19.3 Å². The highest BCUT2D eigenvalue weighted by molar-refractivity contribution is 7.99. The molecule has 2 rings (SSSR count). The molecule has 2 aromatic rings. The van der Waals surface area contributed by atoms with Gasteiger partial charge in [-0.05, 0) is 37.2 Å². The summed E-state index contributed by atoms with van der Waals surface area (Å²) < 4.78 is 0. The van der Waals surface area contributed by atoms with Crippen molar-refractivity contribution >= 4 is 17.7 Å². The van der Waals surface area contributed by atoms with Crippen molar-refractivity contribution in [2.75, 3.05) is 0 Å². The molecule has 7 heteroatoms. The van der Waals surface area contributed by atoms with Gasteiger partial charge in [0.1, 0.15) is 0 Å². The highest BCUT2D eigenvalue weighted by atomic mass is 32.2. The molecule has 2 heterocycles. The number of carboxylic acids is 1. The molecule has 0 radical (unpaired) electrons. The molecule has 0 aliphatic rings. The normalized spacial score (nSPS) is 10.3. The van der Waals surface area contributed by atoms with Crippen LogP contribution >= 0.6 is 11.8 Å². The van der Waals surface area contributed by atoms with E-state index in [9.17, 15) is 4.79 Å². The number of nitrogens with zero attached hydrogens (tertiary/aromatic N) is 4. The Morgan fingerprint density at radius 1 is 1.17 bits per heavy atom. The number of rotatable bonds is 3. The lowest BCUT2D eigenvalue weighted by molar-refractivity contribution is 0.0689. The number of aromatic carboxylic acids is 1. The zero-order valence-electron chi connectivity index (χ0n) is 9.78. The second kappa shape index (κ2) is 5.09. The molecule has 1 N–H and O–H groups in total. The molecular weight excluding hydrogens is 252 g/mol. The number of hydrogen-bond donors (Lipinski definition) is 1. The van der Waals surface area contributed by atoms with E-state index in [0.717, 1.165) is 17.3 Å². The molecule has 0 saturated heterocycles. The summed E-state index contributed by atoms with van der Waals surface area (Å²) in [6, 6.07) is 1.42. The summed E-state index contributed by atoms with van der Waals surface area (Å²) in [6.07, 6.45) is 3.37. The molecule has 0 spiro atoms. The monoisotopic (exact) mass is 262 g/mol. The highest BCUT2D eigenvalue weighted by Gasteiger charge is 2.10. The maximum atomic E-state index is 10.9. The van der Waals surface area contributed by atoms with Gasteiger partial charge in [-0.25, -0.2) is 24.7 Å². The van der Waals surface area contributed by atoms with Crippen LogP contribution in [0.25, 0.3) is 0 Å². The summed E-state index contributed by atoms with van der Waals surface area (Å²) >= 11 is 1.13. The Balaban J connectivity index is 2.28. The van der Waals surface area contributed by atoms with E-state index >= 15 is 0 Å². The van der Waals surface area contributed by atoms with E-state index in [2.05, 4.69) is 19.9 Å². The topological polar surface area (TPSA) is 88.9 Å². The summed E-state index contributed by atoms with van der Waals surface area (Å²) in [5.41, 5.74) is 1.52. The van der Waals surface area contributed by atoms with Gasteiger partial charge in [0.05, 0.1) is 0 Å². The van der Waals surface area contributed by atoms with Crippen LogP contribution in [0.1, 0.15) is 21.7 Å². The smallest absolute Gasteiger partial charge is 0.354 e.